The lowest BCUT2D eigenvalue weighted by molar-refractivity contribution is 0.139. The van der Waals surface area contributed by atoms with E-state index in [4.69, 9.17) is 9.15 Å². The number of likely N-dealkylation sites (tertiary alicyclic amines) is 1. The van der Waals surface area contributed by atoms with Crippen LogP contribution in [0.15, 0.2) is 76.2 Å². The number of piperidine rings is 1. The van der Waals surface area contributed by atoms with Crippen molar-refractivity contribution in [2.75, 3.05) is 13.7 Å². The van der Waals surface area contributed by atoms with E-state index in [-0.39, 0.29) is 36.6 Å². The van der Waals surface area contributed by atoms with Gasteiger partial charge in [0, 0.05) is 30.4 Å². The number of aromatic nitrogens is 1. The largest absolute Gasteiger partial charge is 0.507 e. The Morgan fingerprint density at radius 3 is 2.63 bits per heavy atom. The fraction of sp³-hybridized carbons (Fsp3) is 0.259. The minimum Gasteiger partial charge on any atom is -0.507 e. The molecule has 1 fully saturated rings. The van der Waals surface area contributed by atoms with Crippen LogP contribution in [0.4, 0.5) is 0 Å². The van der Waals surface area contributed by atoms with Crippen molar-refractivity contribution in [1.82, 2.24) is 9.88 Å². The molecular formula is C27H28Cl2N2O4. The summed E-state index contributed by atoms with van der Waals surface area (Å²) in [7, 11) is 1.61. The number of nitrogens with zero attached hydrogens (tertiary/aromatic N) is 2. The molecule has 0 bridgehead atoms. The molecule has 0 amide bonds. The number of halogens is 2. The molecule has 35 heavy (non-hydrogen) atoms. The molecule has 5 rings (SSSR count). The van der Waals surface area contributed by atoms with Gasteiger partial charge in [0.1, 0.15) is 17.1 Å². The number of aromatic hydroxyl groups is 1. The molecule has 2 aromatic carbocycles. The van der Waals surface area contributed by atoms with E-state index in [9.17, 15) is 9.90 Å². The molecule has 0 unspecified atom stereocenters. The summed E-state index contributed by atoms with van der Waals surface area (Å²) < 4.78 is 11.0. The Bertz CT molecular complexity index is 1330. The van der Waals surface area contributed by atoms with Crippen LogP contribution in [0.25, 0.3) is 22.1 Å². The predicted molar refractivity (Wildman–Crippen MR) is 142 cm³/mol. The zero-order chi connectivity index (χ0) is 22.8. The molecule has 6 nitrogen and oxygen atoms in total. The lowest BCUT2D eigenvalue weighted by Crippen LogP contribution is -2.33. The van der Waals surface area contributed by atoms with Crippen LogP contribution in [0.5, 0.6) is 11.5 Å². The van der Waals surface area contributed by atoms with Gasteiger partial charge in [0.25, 0.3) is 0 Å². The van der Waals surface area contributed by atoms with Gasteiger partial charge < -0.3 is 14.3 Å². The summed E-state index contributed by atoms with van der Waals surface area (Å²) in [5, 5.41) is 11.5. The summed E-state index contributed by atoms with van der Waals surface area (Å²) in [6.07, 6.45) is 6.96. The first kappa shape index (κ1) is 26.5. The van der Waals surface area contributed by atoms with Gasteiger partial charge in [-0.1, -0.05) is 24.6 Å². The Balaban J connectivity index is 0.00000171. The molecular weight excluding hydrogens is 487 g/mol. The molecule has 1 N–H and O–H groups in total. The van der Waals surface area contributed by atoms with Crippen LogP contribution in [-0.2, 0) is 6.54 Å². The molecule has 1 aliphatic heterocycles. The van der Waals surface area contributed by atoms with Gasteiger partial charge >= 0.3 is 5.63 Å². The molecule has 8 heteroatoms. The number of phenols is 1. The molecule has 4 aromatic rings. The third kappa shape index (κ3) is 5.45. The maximum absolute atomic E-state index is 12.9. The van der Waals surface area contributed by atoms with Crippen molar-refractivity contribution in [2.45, 2.75) is 31.8 Å². The topological polar surface area (TPSA) is 75.8 Å². The second kappa shape index (κ2) is 11.6. The van der Waals surface area contributed by atoms with E-state index in [1.165, 1.54) is 5.56 Å². The predicted octanol–water partition coefficient (Wildman–Crippen LogP) is 6.14. The number of pyridine rings is 1. The second-order valence-corrected chi connectivity index (χ2v) is 8.43. The average Bonchev–Trinajstić information content (AvgIpc) is 2.86. The van der Waals surface area contributed by atoms with Crippen molar-refractivity contribution in [3.63, 3.8) is 0 Å². The smallest absolute Gasteiger partial charge is 0.344 e. The van der Waals surface area contributed by atoms with Gasteiger partial charge in [0.2, 0.25) is 0 Å². The zero-order valence-electron chi connectivity index (χ0n) is 19.3. The Morgan fingerprint density at radius 2 is 1.91 bits per heavy atom. The van der Waals surface area contributed by atoms with Gasteiger partial charge in [-0.2, -0.15) is 0 Å². The van der Waals surface area contributed by atoms with Gasteiger partial charge in [-0.3, -0.25) is 9.88 Å². The molecule has 184 valence electrons. The van der Waals surface area contributed by atoms with Crippen molar-refractivity contribution >= 4 is 35.8 Å². The Kier molecular flexibility index (Phi) is 8.78. The van der Waals surface area contributed by atoms with E-state index >= 15 is 0 Å². The molecule has 2 aromatic heterocycles. The summed E-state index contributed by atoms with van der Waals surface area (Å²) in [4.78, 5) is 19.6. The summed E-state index contributed by atoms with van der Waals surface area (Å²) in [5.41, 5.74) is 3.05. The lowest BCUT2D eigenvalue weighted by atomic mass is 9.95. The van der Waals surface area contributed by atoms with Gasteiger partial charge in [-0.25, -0.2) is 4.79 Å². The minimum absolute atomic E-state index is 0. The minimum atomic E-state index is -0.429. The molecule has 0 spiro atoms. The van der Waals surface area contributed by atoms with Crippen LogP contribution in [0.1, 0.15) is 36.4 Å². The van der Waals surface area contributed by atoms with E-state index in [0.29, 0.717) is 23.3 Å². The van der Waals surface area contributed by atoms with Gasteiger partial charge in [0.15, 0.2) is 0 Å². The van der Waals surface area contributed by atoms with Crippen LogP contribution in [0.3, 0.4) is 0 Å². The number of ether oxygens (including phenoxy) is 1. The number of methoxy groups -OCH3 is 1. The SMILES string of the molecule is COc1ccc(-c2cc3ccc(O)c(CN4CCCC[C@H]4c4cccnc4)c3oc2=O)cc1.Cl.Cl. The summed E-state index contributed by atoms with van der Waals surface area (Å²) in [6.45, 7) is 1.40. The highest BCUT2D eigenvalue weighted by Gasteiger charge is 2.26. The Hall–Kier alpha value is -3.06. The van der Waals surface area contributed by atoms with E-state index in [0.717, 1.165) is 42.5 Å². The number of benzene rings is 2. The monoisotopic (exact) mass is 514 g/mol. The third-order valence-electron chi connectivity index (χ3n) is 6.43. The maximum atomic E-state index is 12.9. The highest BCUT2D eigenvalue weighted by molar-refractivity contribution is 5.86. The standard InChI is InChI=1S/C27H26N2O4.2ClH/c1-32-21-10-7-18(8-11-21)22-15-19-9-12-25(30)23(26(19)33-27(22)31)17-29-14-3-2-6-24(29)20-5-4-13-28-16-20;;/h4-5,7-13,15-16,24,30H,2-3,6,14,17H2,1H3;2*1H/t24-;;/m0../s1. The van der Waals surface area contributed by atoms with Crippen molar-refractivity contribution in [2.24, 2.45) is 0 Å². The van der Waals surface area contributed by atoms with E-state index in [1.54, 1.807) is 25.4 Å². The van der Waals surface area contributed by atoms with Crippen molar-refractivity contribution in [1.29, 1.82) is 0 Å². The summed E-state index contributed by atoms with van der Waals surface area (Å²) >= 11 is 0. The Morgan fingerprint density at radius 1 is 1.11 bits per heavy atom. The van der Waals surface area contributed by atoms with Crippen molar-refractivity contribution in [3.05, 3.63) is 88.5 Å². The molecule has 1 atom stereocenters. The molecule has 0 radical (unpaired) electrons. The number of phenolic OH excluding ortho intramolecular Hbond substituents is 1. The van der Waals surface area contributed by atoms with Crippen LogP contribution in [0.2, 0.25) is 0 Å². The number of hydrogen-bond donors (Lipinski definition) is 1. The van der Waals surface area contributed by atoms with Crippen molar-refractivity contribution in [3.8, 4) is 22.6 Å². The quantitative estimate of drug-likeness (QED) is 0.322. The van der Waals surface area contributed by atoms with E-state index in [2.05, 4.69) is 16.0 Å². The number of fused-ring (bicyclic) bond motifs is 1. The fourth-order valence-electron chi connectivity index (χ4n) is 4.69. The first-order valence-electron chi connectivity index (χ1n) is 11.2. The lowest BCUT2D eigenvalue weighted by Gasteiger charge is -2.36. The highest BCUT2D eigenvalue weighted by atomic mass is 35.5. The van der Waals surface area contributed by atoms with Crippen LogP contribution >= 0.6 is 24.8 Å². The van der Waals surface area contributed by atoms with Crippen molar-refractivity contribution < 1.29 is 14.3 Å². The number of rotatable bonds is 5. The van der Waals surface area contributed by atoms with Gasteiger partial charge in [-0.15, -0.1) is 24.8 Å². The molecule has 1 aliphatic rings. The average molecular weight is 515 g/mol. The molecule has 0 aliphatic carbocycles. The highest BCUT2D eigenvalue weighted by Crippen LogP contribution is 2.36. The first-order chi connectivity index (χ1) is 16.1. The summed E-state index contributed by atoms with van der Waals surface area (Å²) in [5.74, 6) is 0.860. The summed E-state index contributed by atoms with van der Waals surface area (Å²) in [6, 6.07) is 16.9. The first-order valence-corrected chi connectivity index (χ1v) is 11.2. The number of hydrogen-bond acceptors (Lipinski definition) is 6. The van der Waals surface area contributed by atoms with Gasteiger partial charge in [-0.05, 0) is 66.9 Å². The van der Waals surface area contributed by atoms with Crippen LogP contribution in [0, 0.1) is 0 Å². The molecule has 3 heterocycles. The molecule has 0 saturated carbocycles. The van der Waals surface area contributed by atoms with Crippen LogP contribution in [-0.4, -0.2) is 28.6 Å². The van der Waals surface area contributed by atoms with E-state index < -0.39 is 5.63 Å². The van der Waals surface area contributed by atoms with E-state index in [1.807, 2.05) is 42.6 Å². The normalized spacial score (nSPS) is 15.7. The fourth-order valence-corrected chi connectivity index (χ4v) is 4.69. The molecule has 1 saturated heterocycles. The third-order valence-corrected chi connectivity index (χ3v) is 6.43. The maximum Gasteiger partial charge on any atom is 0.344 e. The Labute approximate surface area is 216 Å². The van der Waals surface area contributed by atoms with Gasteiger partial charge in [0.05, 0.1) is 18.2 Å². The second-order valence-electron chi connectivity index (χ2n) is 8.43. The zero-order valence-corrected chi connectivity index (χ0v) is 21.0. The van der Waals surface area contributed by atoms with Crippen LogP contribution < -0.4 is 10.4 Å².